The van der Waals surface area contributed by atoms with Gasteiger partial charge in [0.05, 0.1) is 5.69 Å². The van der Waals surface area contributed by atoms with Crippen LogP contribution in [0, 0.1) is 6.92 Å². The lowest BCUT2D eigenvalue weighted by Crippen LogP contribution is -2.38. The van der Waals surface area contributed by atoms with Crippen molar-refractivity contribution in [2.45, 2.75) is 58.2 Å². The van der Waals surface area contributed by atoms with Gasteiger partial charge in [0.2, 0.25) is 0 Å². The lowest BCUT2D eigenvalue weighted by atomic mass is 9.92. The predicted molar refractivity (Wildman–Crippen MR) is 82.1 cm³/mol. The molecule has 118 valence electrons. The van der Waals surface area contributed by atoms with Gasteiger partial charge in [-0.3, -0.25) is 0 Å². The number of ether oxygens (including phenoxy) is 2. The number of hydrogen-bond donors (Lipinski definition) is 1. The molecule has 0 amide bonds. The molecule has 1 aliphatic rings. The summed E-state index contributed by atoms with van der Waals surface area (Å²) in [6.07, 6.45) is 1.61. The largest absolute Gasteiger partial charge is 0.381 e. The molecule has 1 fully saturated rings. The summed E-state index contributed by atoms with van der Waals surface area (Å²) in [5.41, 5.74) is 1.65. The molecule has 0 radical (unpaired) electrons. The smallest absolute Gasteiger partial charge is 0.160 e. The Labute approximate surface area is 127 Å². The van der Waals surface area contributed by atoms with Crippen molar-refractivity contribution in [2.24, 2.45) is 0 Å². The van der Waals surface area contributed by atoms with E-state index in [0.717, 1.165) is 36.6 Å². The Morgan fingerprint density at radius 2 is 1.95 bits per heavy atom. The second-order valence-corrected chi connectivity index (χ2v) is 6.74. The van der Waals surface area contributed by atoms with Crippen molar-refractivity contribution in [3.05, 3.63) is 23.3 Å². The van der Waals surface area contributed by atoms with Crippen LogP contribution in [0.25, 0.3) is 0 Å². The third-order valence-electron chi connectivity index (χ3n) is 3.81. The van der Waals surface area contributed by atoms with E-state index in [0.29, 0.717) is 13.2 Å². The molecule has 0 unspecified atom stereocenters. The minimum absolute atomic E-state index is 0.0661. The van der Waals surface area contributed by atoms with Gasteiger partial charge in [-0.2, -0.15) is 0 Å². The van der Waals surface area contributed by atoms with Gasteiger partial charge in [-0.1, -0.05) is 0 Å². The molecule has 5 heteroatoms. The van der Waals surface area contributed by atoms with Crippen molar-refractivity contribution < 1.29 is 9.47 Å². The van der Waals surface area contributed by atoms with Gasteiger partial charge in [0.1, 0.15) is 5.60 Å². The molecule has 5 nitrogen and oxygen atoms in total. The summed E-state index contributed by atoms with van der Waals surface area (Å²) in [7, 11) is 1.74. The highest BCUT2D eigenvalue weighted by Crippen LogP contribution is 2.33. The van der Waals surface area contributed by atoms with E-state index in [1.54, 1.807) is 7.11 Å². The average Bonchev–Trinajstić information content (AvgIpc) is 2.44. The van der Waals surface area contributed by atoms with E-state index < -0.39 is 5.60 Å². The first-order chi connectivity index (χ1) is 9.85. The van der Waals surface area contributed by atoms with Crippen LogP contribution in [0.5, 0.6) is 0 Å². The SMILES string of the molecule is COC1(c2nc(C)cc(CNC(C)(C)C)n2)CCOCC1. The average molecular weight is 293 g/mol. The van der Waals surface area contributed by atoms with E-state index in [1.807, 2.05) is 13.0 Å². The number of nitrogens with one attached hydrogen (secondary N) is 1. The lowest BCUT2D eigenvalue weighted by molar-refractivity contribution is -0.100. The van der Waals surface area contributed by atoms with Gasteiger partial charge in [0, 0.05) is 50.9 Å². The molecule has 0 spiro atoms. The molecule has 0 aliphatic carbocycles. The molecule has 0 aromatic carbocycles. The van der Waals surface area contributed by atoms with E-state index in [4.69, 9.17) is 14.5 Å². The Balaban J connectivity index is 2.25. The maximum absolute atomic E-state index is 5.79. The Morgan fingerprint density at radius 3 is 2.52 bits per heavy atom. The number of rotatable bonds is 4. The molecule has 0 saturated carbocycles. The summed E-state index contributed by atoms with van der Waals surface area (Å²) in [6, 6.07) is 2.03. The first-order valence-electron chi connectivity index (χ1n) is 7.58. The Kier molecular flexibility index (Phi) is 4.96. The summed E-state index contributed by atoms with van der Waals surface area (Å²) in [5, 5.41) is 3.47. The van der Waals surface area contributed by atoms with Gasteiger partial charge in [0.15, 0.2) is 5.82 Å². The van der Waals surface area contributed by atoms with E-state index in [1.165, 1.54) is 0 Å². The van der Waals surface area contributed by atoms with Gasteiger partial charge in [-0.05, 0) is 33.8 Å². The lowest BCUT2D eigenvalue weighted by Gasteiger charge is -2.34. The maximum atomic E-state index is 5.79. The summed E-state index contributed by atoms with van der Waals surface area (Å²) >= 11 is 0. The molecular formula is C16H27N3O2. The second-order valence-electron chi connectivity index (χ2n) is 6.74. The minimum atomic E-state index is -0.402. The maximum Gasteiger partial charge on any atom is 0.160 e. The van der Waals surface area contributed by atoms with Crippen LogP contribution < -0.4 is 5.32 Å². The first kappa shape index (κ1) is 16.3. The molecule has 21 heavy (non-hydrogen) atoms. The Bertz CT molecular complexity index is 477. The van der Waals surface area contributed by atoms with Gasteiger partial charge in [-0.15, -0.1) is 0 Å². The summed E-state index contributed by atoms with van der Waals surface area (Å²) in [4.78, 5) is 9.37. The normalized spacial score (nSPS) is 18.7. The van der Waals surface area contributed by atoms with Crippen LogP contribution in [0.4, 0.5) is 0 Å². The highest BCUT2D eigenvalue weighted by Gasteiger charge is 2.37. The summed E-state index contributed by atoms with van der Waals surface area (Å²) < 4.78 is 11.2. The van der Waals surface area contributed by atoms with Gasteiger partial charge in [0.25, 0.3) is 0 Å². The molecule has 1 aliphatic heterocycles. The van der Waals surface area contributed by atoms with E-state index >= 15 is 0 Å². The van der Waals surface area contributed by atoms with Crippen molar-refractivity contribution in [1.29, 1.82) is 0 Å². The first-order valence-corrected chi connectivity index (χ1v) is 7.58. The van der Waals surface area contributed by atoms with Crippen LogP contribution >= 0.6 is 0 Å². The van der Waals surface area contributed by atoms with Crippen molar-refractivity contribution in [2.75, 3.05) is 20.3 Å². The summed E-state index contributed by atoms with van der Waals surface area (Å²) in [5.74, 6) is 0.791. The molecular weight excluding hydrogens is 266 g/mol. The van der Waals surface area contributed by atoms with Gasteiger partial charge < -0.3 is 14.8 Å². The fraction of sp³-hybridized carbons (Fsp3) is 0.750. The number of aromatic nitrogens is 2. The molecule has 2 heterocycles. The standard InChI is InChI=1S/C16H27N3O2/c1-12-10-13(11-17-15(2,3)4)19-14(18-12)16(20-5)6-8-21-9-7-16/h10,17H,6-9,11H2,1-5H3. The number of hydrogen-bond acceptors (Lipinski definition) is 5. The van der Waals surface area contributed by atoms with Gasteiger partial charge in [-0.25, -0.2) is 9.97 Å². The highest BCUT2D eigenvalue weighted by atomic mass is 16.5. The fourth-order valence-electron chi connectivity index (χ4n) is 2.50. The van der Waals surface area contributed by atoms with Crippen LogP contribution in [0.15, 0.2) is 6.07 Å². The van der Waals surface area contributed by atoms with Crippen molar-refractivity contribution in [3.8, 4) is 0 Å². The fourth-order valence-corrected chi connectivity index (χ4v) is 2.50. The van der Waals surface area contributed by atoms with Crippen molar-refractivity contribution in [3.63, 3.8) is 0 Å². The van der Waals surface area contributed by atoms with Crippen LogP contribution in [-0.4, -0.2) is 35.8 Å². The molecule has 0 atom stereocenters. The predicted octanol–water partition coefficient (Wildman–Crippen LogP) is 2.33. The molecule has 1 N–H and O–H groups in total. The molecule has 1 aromatic rings. The molecule has 1 saturated heterocycles. The van der Waals surface area contributed by atoms with E-state index in [9.17, 15) is 0 Å². The topological polar surface area (TPSA) is 56.3 Å². The zero-order valence-electron chi connectivity index (χ0n) is 13.8. The third kappa shape index (κ3) is 4.22. The van der Waals surface area contributed by atoms with Crippen LogP contribution in [0.2, 0.25) is 0 Å². The van der Waals surface area contributed by atoms with Crippen LogP contribution in [0.3, 0.4) is 0 Å². The third-order valence-corrected chi connectivity index (χ3v) is 3.81. The number of aryl methyl sites for hydroxylation is 1. The molecule has 0 bridgehead atoms. The Hall–Kier alpha value is -1.04. The van der Waals surface area contributed by atoms with E-state index in [-0.39, 0.29) is 5.54 Å². The number of nitrogens with zero attached hydrogens (tertiary/aromatic N) is 2. The van der Waals surface area contributed by atoms with E-state index in [2.05, 4.69) is 31.1 Å². The monoisotopic (exact) mass is 293 g/mol. The summed E-state index contributed by atoms with van der Waals surface area (Å²) in [6.45, 7) is 10.6. The highest BCUT2D eigenvalue weighted by molar-refractivity contribution is 5.15. The second kappa shape index (κ2) is 6.38. The molecule has 2 rings (SSSR count). The van der Waals surface area contributed by atoms with Crippen molar-refractivity contribution >= 4 is 0 Å². The van der Waals surface area contributed by atoms with Crippen LogP contribution in [-0.2, 0) is 21.6 Å². The zero-order chi connectivity index (χ0) is 15.5. The van der Waals surface area contributed by atoms with Crippen LogP contribution in [0.1, 0.15) is 50.8 Å². The number of methoxy groups -OCH3 is 1. The van der Waals surface area contributed by atoms with Crippen molar-refractivity contribution in [1.82, 2.24) is 15.3 Å². The zero-order valence-corrected chi connectivity index (χ0v) is 13.8. The quantitative estimate of drug-likeness (QED) is 0.923. The minimum Gasteiger partial charge on any atom is -0.381 e. The Morgan fingerprint density at radius 1 is 1.29 bits per heavy atom. The van der Waals surface area contributed by atoms with Gasteiger partial charge >= 0.3 is 0 Å². The molecule has 1 aromatic heterocycles.